The van der Waals surface area contributed by atoms with Crippen molar-refractivity contribution in [3.8, 4) is 0 Å². The molecule has 0 aliphatic carbocycles. The second-order valence-corrected chi connectivity index (χ2v) is 6.15. The number of aromatic nitrogens is 2. The second-order valence-electron chi connectivity index (χ2n) is 6.15. The molecular weight excluding hydrogens is 300 g/mol. The van der Waals surface area contributed by atoms with E-state index >= 15 is 0 Å². The van der Waals surface area contributed by atoms with Crippen molar-refractivity contribution in [1.82, 2.24) is 15.3 Å². The number of hydrogen-bond donors (Lipinski definition) is 2. The third-order valence-electron chi connectivity index (χ3n) is 3.88. The van der Waals surface area contributed by atoms with E-state index in [1.54, 1.807) is 6.20 Å². The molecule has 2 N–H and O–H groups in total. The molecule has 0 spiro atoms. The van der Waals surface area contributed by atoms with Crippen molar-refractivity contribution in [2.75, 3.05) is 11.9 Å². The van der Waals surface area contributed by atoms with Gasteiger partial charge < -0.3 is 10.6 Å². The Balaban J connectivity index is 2.01. The van der Waals surface area contributed by atoms with Crippen molar-refractivity contribution in [2.24, 2.45) is 0 Å². The molecule has 0 aliphatic heterocycles. The van der Waals surface area contributed by atoms with E-state index in [0.29, 0.717) is 18.1 Å². The zero-order chi connectivity index (χ0) is 17.5. The van der Waals surface area contributed by atoms with Crippen LogP contribution < -0.4 is 10.6 Å². The molecule has 1 heterocycles. The van der Waals surface area contributed by atoms with E-state index in [1.165, 1.54) is 11.8 Å². The van der Waals surface area contributed by atoms with Crippen LogP contribution in [0.25, 0.3) is 0 Å². The minimum Gasteiger partial charge on any atom is -0.351 e. The molecule has 1 aromatic heterocycles. The molecule has 0 bridgehead atoms. The number of nitrogens with zero attached hydrogens (tertiary/aromatic N) is 2. The number of amides is 1. The third-order valence-corrected chi connectivity index (χ3v) is 3.88. The molecule has 1 amide bonds. The zero-order valence-corrected chi connectivity index (χ0v) is 14.9. The molecule has 0 atom stereocenters. The molecule has 5 nitrogen and oxygen atoms in total. The van der Waals surface area contributed by atoms with Gasteiger partial charge in [-0.1, -0.05) is 37.5 Å². The molecule has 0 unspecified atom stereocenters. The first-order chi connectivity index (χ1) is 11.5. The van der Waals surface area contributed by atoms with Crippen LogP contribution in [0.15, 0.2) is 24.5 Å². The molecule has 2 aromatic rings. The molecular formula is C19H26N4O. The van der Waals surface area contributed by atoms with Gasteiger partial charge >= 0.3 is 0 Å². The van der Waals surface area contributed by atoms with Crippen molar-refractivity contribution in [3.63, 3.8) is 0 Å². The molecule has 2 rings (SSSR count). The Hall–Kier alpha value is -2.43. The fourth-order valence-corrected chi connectivity index (χ4v) is 2.68. The van der Waals surface area contributed by atoms with Gasteiger partial charge in [-0.05, 0) is 38.3 Å². The second kappa shape index (κ2) is 8.43. The summed E-state index contributed by atoms with van der Waals surface area (Å²) in [4.78, 5) is 20.5. The average molecular weight is 326 g/mol. The van der Waals surface area contributed by atoms with Gasteiger partial charge in [-0.25, -0.2) is 9.97 Å². The Morgan fingerprint density at radius 3 is 2.33 bits per heavy atom. The number of anilines is 2. The van der Waals surface area contributed by atoms with E-state index in [2.05, 4.69) is 60.4 Å². The molecule has 128 valence electrons. The summed E-state index contributed by atoms with van der Waals surface area (Å²) in [5.41, 5.74) is 4.93. The number of hydrogen-bond acceptors (Lipinski definition) is 4. The Kier molecular flexibility index (Phi) is 6.29. The predicted molar refractivity (Wildman–Crippen MR) is 97.8 cm³/mol. The first-order valence-corrected chi connectivity index (χ1v) is 8.46. The summed E-state index contributed by atoms with van der Waals surface area (Å²) in [5.74, 6) is 0.459. The molecule has 0 radical (unpaired) electrons. The van der Waals surface area contributed by atoms with E-state index in [-0.39, 0.29) is 5.91 Å². The highest BCUT2D eigenvalue weighted by Crippen LogP contribution is 2.24. The van der Waals surface area contributed by atoms with Crippen molar-refractivity contribution < 1.29 is 4.79 Å². The van der Waals surface area contributed by atoms with Gasteiger partial charge in [0.2, 0.25) is 0 Å². The van der Waals surface area contributed by atoms with Gasteiger partial charge in [0.05, 0.1) is 12.4 Å². The molecule has 24 heavy (non-hydrogen) atoms. The fraction of sp³-hybridized carbons (Fsp3) is 0.421. The van der Waals surface area contributed by atoms with Gasteiger partial charge in [0.1, 0.15) is 11.5 Å². The molecule has 0 saturated heterocycles. The number of unbranched alkanes of at least 4 members (excludes halogenated alkanes) is 2. The summed E-state index contributed by atoms with van der Waals surface area (Å²) in [6.45, 7) is 9.02. The van der Waals surface area contributed by atoms with Crippen LogP contribution in [-0.4, -0.2) is 22.4 Å². The van der Waals surface area contributed by atoms with Crippen LogP contribution in [0.5, 0.6) is 0 Å². The van der Waals surface area contributed by atoms with E-state index in [1.807, 2.05) is 0 Å². The average Bonchev–Trinajstić information content (AvgIpc) is 2.55. The number of benzene rings is 1. The number of carbonyl (C=O) groups is 1. The summed E-state index contributed by atoms with van der Waals surface area (Å²) in [5, 5.41) is 6.15. The summed E-state index contributed by atoms with van der Waals surface area (Å²) in [7, 11) is 0. The highest BCUT2D eigenvalue weighted by atomic mass is 16.1. The standard InChI is InChI=1S/C19H26N4O/c1-5-6-7-8-20-19(24)16-11-22-17(12-21-16)23-18-14(3)9-13(2)10-15(18)4/h9-12H,5-8H2,1-4H3,(H,20,24)(H,22,23). The van der Waals surface area contributed by atoms with E-state index in [4.69, 9.17) is 0 Å². The summed E-state index contributed by atoms with van der Waals surface area (Å²) >= 11 is 0. The van der Waals surface area contributed by atoms with Gasteiger partial charge in [-0.15, -0.1) is 0 Å². The number of aryl methyl sites for hydroxylation is 3. The van der Waals surface area contributed by atoms with Crippen LogP contribution in [0, 0.1) is 20.8 Å². The number of carbonyl (C=O) groups excluding carboxylic acids is 1. The SMILES string of the molecule is CCCCCNC(=O)c1cnc(Nc2c(C)cc(C)cc2C)cn1. The fourth-order valence-electron chi connectivity index (χ4n) is 2.68. The molecule has 0 aliphatic rings. The van der Waals surface area contributed by atoms with Crippen molar-refractivity contribution in [2.45, 2.75) is 47.0 Å². The number of nitrogens with one attached hydrogen (secondary N) is 2. The lowest BCUT2D eigenvalue weighted by atomic mass is 10.1. The first kappa shape index (κ1) is 17.9. The van der Waals surface area contributed by atoms with Crippen LogP contribution in [0.4, 0.5) is 11.5 Å². The highest BCUT2D eigenvalue weighted by molar-refractivity contribution is 5.92. The molecule has 1 aromatic carbocycles. The molecule has 5 heteroatoms. The third kappa shape index (κ3) is 4.78. The van der Waals surface area contributed by atoms with Crippen LogP contribution >= 0.6 is 0 Å². The predicted octanol–water partition coefficient (Wildman–Crippen LogP) is 4.07. The minimum absolute atomic E-state index is 0.173. The topological polar surface area (TPSA) is 66.9 Å². The Labute approximate surface area is 143 Å². The first-order valence-electron chi connectivity index (χ1n) is 8.46. The lowest BCUT2D eigenvalue weighted by Gasteiger charge is -2.13. The van der Waals surface area contributed by atoms with Gasteiger partial charge in [0.25, 0.3) is 5.91 Å². The lowest BCUT2D eigenvalue weighted by molar-refractivity contribution is 0.0947. The summed E-state index contributed by atoms with van der Waals surface area (Å²) in [6, 6.07) is 4.25. The van der Waals surface area contributed by atoms with E-state index in [0.717, 1.165) is 36.1 Å². The molecule has 0 fully saturated rings. The van der Waals surface area contributed by atoms with Crippen molar-refractivity contribution in [1.29, 1.82) is 0 Å². The van der Waals surface area contributed by atoms with Crippen molar-refractivity contribution >= 4 is 17.4 Å². The molecule has 0 saturated carbocycles. The smallest absolute Gasteiger partial charge is 0.271 e. The number of rotatable bonds is 7. The van der Waals surface area contributed by atoms with Crippen LogP contribution in [-0.2, 0) is 0 Å². The quantitative estimate of drug-likeness (QED) is 0.753. The maximum absolute atomic E-state index is 12.0. The van der Waals surface area contributed by atoms with Crippen molar-refractivity contribution in [3.05, 3.63) is 46.9 Å². The highest BCUT2D eigenvalue weighted by Gasteiger charge is 2.09. The maximum atomic E-state index is 12.0. The van der Waals surface area contributed by atoms with Gasteiger partial charge in [-0.3, -0.25) is 4.79 Å². The summed E-state index contributed by atoms with van der Waals surface area (Å²) < 4.78 is 0. The Morgan fingerprint density at radius 2 is 1.75 bits per heavy atom. The van der Waals surface area contributed by atoms with Gasteiger partial charge in [-0.2, -0.15) is 0 Å². The zero-order valence-electron chi connectivity index (χ0n) is 14.9. The van der Waals surface area contributed by atoms with Crippen LogP contribution in [0.1, 0.15) is 53.4 Å². The summed E-state index contributed by atoms with van der Waals surface area (Å²) in [6.07, 6.45) is 6.34. The van der Waals surface area contributed by atoms with Gasteiger partial charge in [0.15, 0.2) is 0 Å². The monoisotopic (exact) mass is 326 g/mol. The van der Waals surface area contributed by atoms with E-state index in [9.17, 15) is 4.79 Å². The lowest BCUT2D eigenvalue weighted by Crippen LogP contribution is -2.25. The minimum atomic E-state index is -0.173. The Bertz CT molecular complexity index is 672. The largest absolute Gasteiger partial charge is 0.351 e. The van der Waals surface area contributed by atoms with Crippen LogP contribution in [0.3, 0.4) is 0 Å². The maximum Gasteiger partial charge on any atom is 0.271 e. The van der Waals surface area contributed by atoms with E-state index < -0.39 is 0 Å². The van der Waals surface area contributed by atoms with Gasteiger partial charge in [0, 0.05) is 12.2 Å². The normalized spacial score (nSPS) is 10.5. The Morgan fingerprint density at radius 1 is 1.04 bits per heavy atom. The van der Waals surface area contributed by atoms with Crippen LogP contribution in [0.2, 0.25) is 0 Å².